The topological polar surface area (TPSA) is 236 Å². The molecule has 2 atom stereocenters. The largest absolute Gasteiger partial charge is 0.396 e. The van der Waals surface area contributed by atoms with Gasteiger partial charge in [-0.05, 0) is 38.5 Å². The fourth-order valence-electron chi connectivity index (χ4n) is 6.72. The maximum Gasteiger partial charge on any atom is 0.253 e. The van der Waals surface area contributed by atoms with Crippen molar-refractivity contribution in [2.24, 2.45) is 0 Å². The summed E-state index contributed by atoms with van der Waals surface area (Å²) < 4.78 is 0. The predicted octanol–water partition coefficient (Wildman–Crippen LogP) is -0.945. The number of carbonyl (C=O) groups excluding carboxylic acids is 11. The van der Waals surface area contributed by atoms with Crippen molar-refractivity contribution in [3.8, 4) is 0 Å². The summed E-state index contributed by atoms with van der Waals surface area (Å²) in [6.45, 7) is 0.182. The van der Waals surface area contributed by atoms with Gasteiger partial charge in [-0.25, -0.2) is 0 Å². The zero-order valence-corrected chi connectivity index (χ0v) is 30.5. The van der Waals surface area contributed by atoms with Crippen molar-refractivity contribution in [2.75, 3.05) is 39.3 Å². The van der Waals surface area contributed by atoms with Crippen LogP contribution in [0.3, 0.4) is 0 Å². The van der Waals surface area contributed by atoms with Crippen molar-refractivity contribution in [1.29, 1.82) is 0 Å². The van der Waals surface area contributed by atoms with E-state index in [0.717, 1.165) is 56.1 Å². The Balaban J connectivity index is 1.20. The molecule has 0 aromatic rings. The second-order valence-corrected chi connectivity index (χ2v) is 13.6. The summed E-state index contributed by atoms with van der Waals surface area (Å²) in [4.78, 5) is 142. The van der Waals surface area contributed by atoms with Gasteiger partial charge in [-0.15, -0.1) is 0 Å². The van der Waals surface area contributed by atoms with Gasteiger partial charge in [-0.2, -0.15) is 0 Å². The van der Waals surface area contributed by atoms with E-state index in [1.165, 1.54) is 0 Å². The third-order valence-corrected chi connectivity index (χ3v) is 9.68. The first kappa shape index (κ1) is 42.1. The number of ketones is 1. The highest BCUT2D eigenvalue weighted by Crippen LogP contribution is 2.21. The van der Waals surface area contributed by atoms with E-state index in [1.54, 1.807) is 4.90 Å². The van der Waals surface area contributed by atoms with Crippen LogP contribution in [0.15, 0.2) is 36.5 Å². The average Bonchev–Trinajstić information content (AvgIpc) is 3.88. The number of nitrogens with one attached hydrogen (secondary N) is 1. The van der Waals surface area contributed by atoms with E-state index < -0.39 is 65.2 Å². The molecule has 18 heteroatoms. The molecule has 10 amide bonds. The van der Waals surface area contributed by atoms with Crippen molar-refractivity contribution >= 4 is 64.9 Å². The van der Waals surface area contributed by atoms with Gasteiger partial charge in [0.05, 0.1) is 18.6 Å². The van der Waals surface area contributed by atoms with Gasteiger partial charge < -0.3 is 15.3 Å². The Morgan fingerprint density at radius 1 is 0.600 bits per heavy atom. The number of imide groups is 4. The zero-order chi connectivity index (χ0) is 40.1. The van der Waals surface area contributed by atoms with Gasteiger partial charge in [0, 0.05) is 108 Å². The number of aliphatic hydroxyl groups excluding tert-OH is 1. The number of hydrogen-bond acceptors (Lipinski definition) is 12. The van der Waals surface area contributed by atoms with Crippen LogP contribution >= 0.6 is 0 Å². The van der Waals surface area contributed by atoms with Crippen LogP contribution < -0.4 is 5.32 Å². The number of rotatable bonds is 24. The lowest BCUT2D eigenvalue weighted by Gasteiger charge is -2.29. The number of nitrogens with zero attached hydrogens (tertiary/aromatic N) is 5. The molecular formula is C37H46N6O12. The molecule has 18 nitrogen and oxygen atoms in total. The lowest BCUT2D eigenvalue weighted by atomic mass is 10.0. The van der Waals surface area contributed by atoms with Crippen LogP contribution in [0.5, 0.6) is 0 Å². The van der Waals surface area contributed by atoms with E-state index in [1.807, 2.05) is 0 Å². The van der Waals surface area contributed by atoms with Crippen LogP contribution in [0.4, 0.5) is 0 Å². The van der Waals surface area contributed by atoms with E-state index in [-0.39, 0.29) is 102 Å². The number of Topliss-reactive ketones (excluding diaryl/α,β-unsaturated/α-hetero) is 1. The fourth-order valence-corrected chi connectivity index (χ4v) is 6.72. The molecule has 2 N–H and O–H groups in total. The minimum absolute atomic E-state index is 0.00327. The van der Waals surface area contributed by atoms with Gasteiger partial charge in [-0.1, -0.05) is 0 Å². The highest BCUT2D eigenvalue weighted by Gasteiger charge is 2.38. The standard InChI is InChI=1S/C37H46N6O12/c44-22-3-6-29(47)39(20-2-1-5-27(45)9-7-25(42-34(52)15-16-35(42)53)23-40-30(48)11-12-31(40)49)21-4-19-38-28(46)10-8-26(43-36(54)17-18-37(43)55)24-41-32(50)13-14-33(41)51/h13-18,25-26,44H,1-12,19-24H2,(H,38,46). The summed E-state index contributed by atoms with van der Waals surface area (Å²) in [7, 11) is 0. The third kappa shape index (κ3) is 11.7. The summed E-state index contributed by atoms with van der Waals surface area (Å²) in [6, 6.07) is -1.75. The first-order valence-corrected chi connectivity index (χ1v) is 18.4. The van der Waals surface area contributed by atoms with Gasteiger partial charge in [0.1, 0.15) is 5.78 Å². The van der Waals surface area contributed by atoms with Gasteiger partial charge in [0.15, 0.2) is 0 Å². The Labute approximate surface area is 317 Å². The molecule has 0 aromatic carbocycles. The number of carbonyl (C=O) groups is 11. The zero-order valence-electron chi connectivity index (χ0n) is 30.5. The Morgan fingerprint density at radius 2 is 1.09 bits per heavy atom. The van der Waals surface area contributed by atoms with Crippen molar-refractivity contribution in [2.45, 2.75) is 89.1 Å². The summed E-state index contributed by atoms with van der Waals surface area (Å²) in [5.74, 6) is -5.07. The van der Waals surface area contributed by atoms with Gasteiger partial charge in [-0.3, -0.25) is 72.3 Å². The minimum Gasteiger partial charge on any atom is -0.396 e. The molecule has 296 valence electrons. The van der Waals surface area contributed by atoms with Crippen molar-refractivity contribution in [1.82, 2.24) is 29.8 Å². The molecule has 1 fully saturated rings. The van der Waals surface area contributed by atoms with E-state index in [4.69, 9.17) is 0 Å². The normalized spacial score (nSPS) is 17.8. The van der Waals surface area contributed by atoms with Crippen LogP contribution in [-0.2, 0) is 52.7 Å². The second-order valence-electron chi connectivity index (χ2n) is 13.6. The maximum atomic E-state index is 12.9. The Hall–Kier alpha value is -5.65. The summed E-state index contributed by atoms with van der Waals surface area (Å²) in [6.07, 6.45) is 8.42. The molecule has 55 heavy (non-hydrogen) atoms. The predicted molar refractivity (Wildman–Crippen MR) is 189 cm³/mol. The second kappa shape index (κ2) is 20.1. The van der Waals surface area contributed by atoms with E-state index >= 15 is 0 Å². The van der Waals surface area contributed by atoms with Crippen LogP contribution in [0, 0.1) is 0 Å². The summed E-state index contributed by atoms with van der Waals surface area (Å²) in [5.41, 5.74) is 0. The van der Waals surface area contributed by atoms with Crippen LogP contribution in [0.1, 0.15) is 77.0 Å². The first-order valence-electron chi connectivity index (χ1n) is 18.4. The number of hydrogen-bond donors (Lipinski definition) is 2. The maximum absolute atomic E-state index is 12.9. The summed E-state index contributed by atoms with van der Waals surface area (Å²) >= 11 is 0. The van der Waals surface area contributed by atoms with E-state index in [2.05, 4.69) is 5.32 Å². The Morgan fingerprint density at radius 3 is 1.64 bits per heavy atom. The number of likely N-dealkylation sites (tertiary alicyclic amines) is 1. The molecule has 0 saturated carbocycles. The molecule has 0 aromatic heterocycles. The first-order chi connectivity index (χ1) is 26.3. The third-order valence-electron chi connectivity index (χ3n) is 9.68. The number of amides is 10. The highest BCUT2D eigenvalue weighted by molar-refractivity contribution is 6.15. The SMILES string of the molecule is O=C(CCCCN(CCCNC(=O)CCC(CN1C(=O)C=CC1=O)N1C(=O)C=CC1=O)C(=O)CCCO)CCC(CN1C(=O)CCC1=O)N1C(=O)C=CC1=O. The molecular weight excluding hydrogens is 720 g/mol. The van der Waals surface area contributed by atoms with Gasteiger partial charge >= 0.3 is 0 Å². The van der Waals surface area contributed by atoms with Crippen molar-refractivity contribution < 1.29 is 57.8 Å². The van der Waals surface area contributed by atoms with Crippen LogP contribution in [0.2, 0.25) is 0 Å². The molecule has 4 aliphatic heterocycles. The monoisotopic (exact) mass is 766 g/mol. The fraction of sp³-hybridized carbons (Fsp3) is 0.541. The smallest absolute Gasteiger partial charge is 0.253 e. The van der Waals surface area contributed by atoms with E-state index in [0.29, 0.717) is 25.8 Å². The molecule has 2 unspecified atom stereocenters. The molecule has 0 aliphatic carbocycles. The van der Waals surface area contributed by atoms with Gasteiger partial charge in [0.25, 0.3) is 35.4 Å². The summed E-state index contributed by atoms with van der Waals surface area (Å²) in [5, 5.41) is 12.0. The molecule has 1 saturated heterocycles. The van der Waals surface area contributed by atoms with Crippen LogP contribution in [0.25, 0.3) is 0 Å². The van der Waals surface area contributed by atoms with Crippen LogP contribution in [-0.4, -0.2) is 146 Å². The lowest BCUT2D eigenvalue weighted by Crippen LogP contribution is -2.49. The Bertz CT molecular complexity index is 1540. The lowest BCUT2D eigenvalue weighted by molar-refractivity contribution is -0.146. The van der Waals surface area contributed by atoms with Gasteiger partial charge in [0.2, 0.25) is 23.6 Å². The minimum atomic E-state index is -0.913. The molecule has 4 heterocycles. The Kier molecular flexibility index (Phi) is 15.4. The average molecular weight is 767 g/mol. The molecule has 0 bridgehead atoms. The number of aliphatic hydroxyl groups is 1. The van der Waals surface area contributed by atoms with E-state index in [9.17, 15) is 57.8 Å². The quantitative estimate of drug-likeness (QED) is 0.0895. The molecule has 4 aliphatic rings. The number of unbranched alkanes of at least 4 members (excludes halogenated alkanes) is 1. The highest BCUT2D eigenvalue weighted by atomic mass is 16.3. The molecule has 0 spiro atoms. The van der Waals surface area contributed by atoms with Crippen molar-refractivity contribution in [3.05, 3.63) is 36.5 Å². The van der Waals surface area contributed by atoms with Crippen molar-refractivity contribution in [3.63, 3.8) is 0 Å². The molecule has 4 rings (SSSR count). The molecule has 0 radical (unpaired) electrons.